The molecule has 0 spiro atoms. The summed E-state index contributed by atoms with van der Waals surface area (Å²) >= 11 is 5.51. The van der Waals surface area contributed by atoms with Crippen LogP contribution in [0.15, 0.2) is 12.5 Å². The Morgan fingerprint density at radius 3 is 2.21 bits per heavy atom. The molecule has 1 rings (SSSR count). The van der Waals surface area contributed by atoms with E-state index in [9.17, 15) is 29.1 Å². The van der Waals surface area contributed by atoms with E-state index in [0.29, 0.717) is 11.4 Å². The van der Waals surface area contributed by atoms with Crippen LogP contribution in [0.25, 0.3) is 0 Å². The highest BCUT2D eigenvalue weighted by molar-refractivity contribution is 7.98. The summed E-state index contributed by atoms with van der Waals surface area (Å²) < 4.78 is 0. The lowest BCUT2D eigenvalue weighted by molar-refractivity contribution is -0.142. The molecule has 0 fully saturated rings. The minimum Gasteiger partial charge on any atom is -0.481 e. The van der Waals surface area contributed by atoms with Crippen LogP contribution in [0.5, 0.6) is 0 Å². The first-order chi connectivity index (χ1) is 16.1. The summed E-state index contributed by atoms with van der Waals surface area (Å²) in [6.45, 7) is 0. The van der Waals surface area contributed by atoms with Crippen molar-refractivity contribution in [1.82, 2.24) is 25.9 Å². The zero-order valence-electron chi connectivity index (χ0n) is 18.5. The van der Waals surface area contributed by atoms with E-state index >= 15 is 0 Å². The normalized spacial score (nSPS) is 14.3. The number of carboxylic acids is 2. The average Bonchev–Trinajstić information content (AvgIpc) is 3.30. The fourth-order valence-corrected chi connectivity index (χ4v) is 3.48. The summed E-state index contributed by atoms with van der Waals surface area (Å²) in [4.78, 5) is 66.5. The van der Waals surface area contributed by atoms with Crippen LogP contribution in [0.2, 0.25) is 0 Å². The van der Waals surface area contributed by atoms with Crippen molar-refractivity contribution < 1.29 is 34.2 Å². The minimum atomic E-state index is -1.27. The summed E-state index contributed by atoms with van der Waals surface area (Å²) in [6.07, 6.45) is 4.39. The molecule has 3 amide bonds. The van der Waals surface area contributed by atoms with Crippen molar-refractivity contribution in [3.05, 3.63) is 18.2 Å². The number of nitrogens with zero attached hydrogens (tertiary/aromatic N) is 1. The van der Waals surface area contributed by atoms with Crippen LogP contribution in [-0.4, -0.2) is 91.8 Å². The maximum absolute atomic E-state index is 12.8. The number of carboxylic acid groups (broad SMARTS) is 2. The highest BCUT2D eigenvalue weighted by atomic mass is 32.2. The molecule has 190 valence electrons. The number of thiol groups is 1. The number of imidazole rings is 1. The highest BCUT2D eigenvalue weighted by Crippen LogP contribution is 2.05. The molecule has 0 saturated heterocycles. The van der Waals surface area contributed by atoms with E-state index in [1.807, 2.05) is 6.26 Å². The van der Waals surface area contributed by atoms with Gasteiger partial charge in [0.2, 0.25) is 17.7 Å². The largest absolute Gasteiger partial charge is 0.481 e. The summed E-state index contributed by atoms with van der Waals surface area (Å²) in [5, 5.41) is 25.5. The van der Waals surface area contributed by atoms with Gasteiger partial charge < -0.3 is 36.9 Å². The number of thioether (sulfide) groups is 1. The van der Waals surface area contributed by atoms with Gasteiger partial charge in [-0.05, 0) is 24.9 Å². The van der Waals surface area contributed by atoms with Gasteiger partial charge in [-0.2, -0.15) is 24.4 Å². The predicted molar refractivity (Wildman–Crippen MR) is 127 cm³/mol. The van der Waals surface area contributed by atoms with Crippen molar-refractivity contribution in [1.29, 1.82) is 0 Å². The Morgan fingerprint density at radius 2 is 1.68 bits per heavy atom. The fraction of sp³-hybridized carbons (Fsp3) is 0.579. The zero-order valence-corrected chi connectivity index (χ0v) is 20.2. The lowest BCUT2D eigenvalue weighted by Gasteiger charge is -2.24. The minimum absolute atomic E-state index is 0.0467. The van der Waals surface area contributed by atoms with E-state index in [-0.39, 0.29) is 31.4 Å². The van der Waals surface area contributed by atoms with Gasteiger partial charge >= 0.3 is 11.9 Å². The Kier molecular flexibility index (Phi) is 13.1. The van der Waals surface area contributed by atoms with Crippen LogP contribution in [0, 0.1) is 0 Å². The highest BCUT2D eigenvalue weighted by Gasteiger charge is 2.30. The third kappa shape index (κ3) is 10.4. The number of aromatic amines is 1. The number of rotatable bonds is 16. The van der Waals surface area contributed by atoms with Crippen molar-refractivity contribution in [3.8, 4) is 0 Å². The Morgan fingerprint density at radius 1 is 1.06 bits per heavy atom. The number of amides is 3. The monoisotopic (exact) mass is 518 g/mol. The molecule has 0 bridgehead atoms. The molecule has 0 aliphatic rings. The maximum Gasteiger partial charge on any atom is 0.326 e. The number of nitrogens with two attached hydrogens (primary N) is 1. The third-order valence-electron chi connectivity index (χ3n) is 4.66. The second-order valence-electron chi connectivity index (χ2n) is 7.31. The number of hydrogen-bond donors (Lipinski definition) is 8. The molecule has 1 heterocycles. The van der Waals surface area contributed by atoms with Crippen molar-refractivity contribution in [2.75, 3.05) is 17.8 Å². The molecule has 1 aromatic rings. The number of carbonyl (C=O) groups excluding carboxylic acids is 3. The summed E-state index contributed by atoms with van der Waals surface area (Å²) in [5.74, 6) is -4.13. The van der Waals surface area contributed by atoms with Crippen LogP contribution in [0.3, 0.4) is 0 Å². The fourth-order valence-electron chi connectivity index (χ4n) is 2.75. The molecule has 0 radical (unpaired) electrons. The summed E-state index contributed by atoms with van der Waals surface area (Å²) in [5.41, 5.74) is 6.20. The number of aromatic nitrogens is 2. The standard InChI is InChI=1S/C19H30N6O7S2/c1-34-5-4-12(23-16(28)11(20)2-3-15(26)27)17(29)25-14(8-33)18(30)24-13(19(31)32)6-10-7-21-9-22-10/h7,9,11-14,33H,2-6,8,20H2,1H3,(H,21,22)(H,23,28)(H,24,30)(H,25,29)(H,26,27)(H,31,32). The molecule has 13 nitrogen and oxygen atoms in total. The van der Waals surface area contributed by atoms with Crippen molar-refractivity contribution >= 4 is 54.1 Å². The van der Waals surface area contributed by atoms with Gasteiger partial charge in [-0.1, -0.05) is 0 Å². The van der Waals surface area contributed by atoms with Crippen LogP contribution in [0.1, 0.15) is 25.0 Å². The number of nitrogens with one attached hydrogen (secondary N) is 4. The van der Waals surface area contributed by atoms with Gasteiger partial charge in [0.05, 0.1) is 12.4 Å². The van der Waals surface area contributed by atoms with Crippen molar-refractivity contribution in [2.45, 2.75) is 49.9 Å². The molecule has 0 saturated carbocycles. The molecule has 34 heavy (non-hydrogen) atoms. The molecular formula is C19H30N6O7S2. The smallest absolute Gasteiger partial charge is 0.326 e. The predicted octanol–water partition coefficient (Wildman–Crippen LogP) is -1.63. The van der Waals surface area contributed by atoms with Crippen LogP contribution < -0.4 is 21.7 Å². The van der Waals surface area contributed by atoms with Crippen LogP contribution in [-0.2, 0) is 30.4 Å². The van der Waals surface area contributed by atoms with Gasteiger partial charge in [-0.15, -0.1) is 0 Å². The molecule has 8 N–H and O–H groups in total. The Hall–Kier alpha value is -2.78. The molecule has 15 heteroatoms. The average molecular weight is 519 g/mol. The SMILES string of the molecule is CSCCC(NC(=O)C(N)CCC(=O)O)C(=O)NC(CS)C(=O)NC(Cc1cnc[nH]1)C(=O)O. The topological polar surface area (TPSA) is 217 Å². The van der Waals surface area contributed by atoms with Gasteiger partial charge in [-0.3, -0.25) is 19.2 Å². The Balaban J connectivity index is 2.80. The van der Waals surface area contributed by atoms with Gasteiger partial charge in [0.1, 0.15) is 18.1 Å². The van der Waals surface area contributed by atoms with E-state index in [1.54, 1.807) is 0 Å². The molecule has 4 atom stereocenters. The van der Waals surface area contributed by atoms with E-state index in [4.69, 9.17) is 10.8 Å². The molecule has 4 unspecified atom stereocenters. The zero-order chi connectivity index (χ0) is 25.7. The van der Waals surface area contributed by atoms with E-state index in [1.165, 1.54) is 24.3 Å². The van der Waals surface area contributed by atoms with Gasteiger partial charge in [0.15, 0.2) is 0 Å². The summed E-state index contributed by atoms with van der Waals surface area (Å²) in [7, 11) is 0. The van der Waals surface area contributed by atoms with Crippen molar-refractivity contribution in [3.63, 3.8) is 0 Å². The number of aliphatic carboxylic acids is 2. The van der Waals surface area contributed by atoms with E-state index in [2.05, 4.69) is 38.5 Å². The van der Waals surface area contributed by atoms with Gasteiger partial charge in [0, 0.05) is 30.5 Å². The number of hydrogen-bond acceptors (Lipinski definition) is 9. The molecular weight excluding hydrogens is 488 g/mol. The molecule has 0 aliphatic carbocycles. The molecule has 0 aliphatic heterocycles. The maximum atomic E-state index is 12.8. The van der Waals surface area contributed by atoms with Crippen LogP contribution in [0.4, 0.5) is 0 Å². The first-order valence-electron chi connectivity index (χ1n) is 10.3. The van der Waals surface area contributed by atoms with E-state index in [0.717, 1.165) is 0 Å². The quantitative estimate of drug-likeness (QED) is 0.117. The lowest BCUT2D eigenvalue weighted by atomic mass is 10.1. The Labute approximate surface area is 205 Å². The lowest BCUT2D eigenvalue weighted by Crippen LogP contribution is -2.58. The second kappa shape index (κ2) is 15.2. The van der Waals surface area contributed by atoms with Crippen LogP contribution >= 0.6 is 24.4 Å². The summed E-state index contributed by atoms with van der Waals surface area (Å²) in [6, 6.07) is -4.60. The molecule has 0 aromatic carbocycles. The second-order valence-corrected chi connectivity index (χ2v) is 8.66. The number of H-pyrrole nitrogens is 1. The van der Waals surface area contributed by atoms with Gasteiger partial charge in [0.25, 0.3) is 0 Å². The van der Waals surface area contributed by atoms with Crippen molar-refractivity contribution in [2.24, 2.45) is 5.73 Å². The first-order valence-corrected chi connectivity index (χ1v) is 12.3. The van der Waals surface area contributed by atoms with E-state index < -0.39 is 53.8 Å². The third-order valence-corrected chi connectivity index (χ3v) is 5.67. The van der Waals surface area contributed by atoms with Gasteiger partial charge in [-0.25, -0.2) is 9.78 Å². The molecule has 1 aromatic heterocycles. The number of carbonyl (C=O) groups is 5. The first kappa shape index (κ1) is 29.3. The Bertz CT molecular complexity index is 839.